The molecule has 0 aliphatic heterocycles. The standard InChI is InChI=1S/C24H28N2O2S/c1-18-8-9-23-21(16-18)19(2)24(29-23)22(28)11-14-26(15-12-25-17-27)13-10-20-6-4-3-5-7-20/h3-9,16-17H,10-15H2,1-2H3,(H,25,27). The zero-order valence-corrected chi connectivity index (χ0v) is 17.9. The summed E-state index contributed by atoms with van der Waals surface area (Å²) in [7, 11) is 0. The molecule has 0 saturated heterocycles. The van der Waals surface area contributed by atoms with Crippen molar-refractivity contribution in [3.05, 3.63) is 70.1 Å². The first-order valence-corrected chi connectivity index (χ1v) is 10.9. The molecule has 4 nitrogen and oxygen atoms in total. The number of ketones is 1. The molecule has 5 heteroatoms. The summed E-state index contributed by atoms with van der Waals surface area (Å²) in [5.41, 5.74) is 3.59. The normalized spacial score (nSPS) is 11.1. The molecule has 0 aliphatic rings. The molecule has 0 spiro atoms. The fraction of sp³-hybridized carbons (Fsp3) is 0.333. The highest BCUT2D eigenvalue weighted by atomic mass is 32.1. The lowest BCUT2D eigenvalue weighted by molar-refractivity contribution is -0.109. The van der Waals surface area contributed by atoms with Gasteiger partial charge in [0.25, 0.3) is 0 Å². The first-order chi connectivity index (χ1) is 14.1. The van der Waals surface area contributed by atoms with Gasteiger partial charge in [0.15, 0.2) is 5.78 Å². The van der Waals surface area contributed by atoms with Gasteiger partial charge < -0.3 is 10.2 Å². The van der Waals surface area contributed by atoms with Crippen LogP contribution in [0.1, 0.15) is 32.8 Å². The number of carbonyl (C=O) groups is 2. The lowest BCUT2D eigenvalue weighted by atomic mass is 10.1. The fourth-order valence-electron chi connectivity index (χ4n) is 3.52. The molecule has 152 valence electrons. The molecule has 29 heavy (non-hydrogen) atoms. The number of thiophene rings is 1. The number of nitrogens with one attached hydrogen (secondary N) is 1. The molecule has 0 saturated carbocycles. The minimum Gasteiger partial charge on any atom is -0.357 e. The quantitative estimate of drug-likeness (QED) is 0.291. The van der Waals surface area contributed by atoms with E-state index in [1.807, 2.05) is 25.1 Å². The van der Waals surface area contributed by atoms with Gasteiger partial charge in [-0.25, -0.2) is 0 Å². The van der Waals surface area contributed by atoms with Crippen molar-refractivity contribution in [3.8, 4) is 0 Å². The molecule has 0 unspecified atom stereocenters. The largest absolute Gasteiger partial charge is 0.357 e. The predicted octanol–water partition coefficient (Wildman–Crippen LogP) is 4.38. The molecule has 0 fully saturated rings. The Morgan fingerprint density at radius 3 is 2.62 bits per heavy atom. The van der Waals surface area contributed by atoms with E-state index in [0.29, 0.717) is 19.5 Å². The Balaban J connectivity index is 1.63. The summed E-state index contributed by atoms with van der Waals surface area (Å²) in [4.78, 5) is 26.7. The molecule has 3 aromatic rings. The van der Waals surface area contributed by atoms with Crippen LogP contribution in [0.5, 0.6) is 0 Å². The van der Waals surface area contributed by atoms with Crippen LogP contribution in [0.3, 0.4) is 0 Å². The summed E-state index contributed by atoms with van der Waals surface area (Å²) < 4.78 is 1.17. The third-order valence-electron chi connectivity index (χ3n) is 5.22. The minimum atomic E-state index is 0.203. The van der Waals surface area contributed by atoms with Crippen LogP contribution in [-0.4, -0.2) is 43.3 Å². The van der Waals surface area contributed by atoms with Crippen LogP contribution in [-0.2, 0) is 11.2 Å². The van der Waals surface area contributed by atoms with Gasteiger partial charge in [-0.05, 0) is 42.8 Å². The zero-order valence-electron chi connectivity index (χ0n) is 17.1. The number of nitrogens with zero attached hydrogens (tertiary/aromatic N) is 1. The van der Waals surface area contributed by atoms with Gasteiger partial charge >= 0.3 is 0 Å². The third kappa shape index (κ3) is 5.75. The number of carbonyl (C=O) groups excluding carboxylic acids is 2. The molecule has 2 aromatic carbocycles. The molecular formula is C24H28N2O2S. The lowest BCUT2D eigenvalue weighted by Crippen LogP contribution is -2.34. The van der Waals surface area contributed by atoms with E-state index in [2.05, 4.69) is 47.5 Å². The summed E-state index contributed by atoms with van der Waals surface area (Å²) in [6, 6.07) is 16.7. The van der Waals surface area contributed by atoms with E-state index >= 15 is 0 Å². The molecule has 1 aromatic heterocycles. The van der Waals surface area contributed by atoms with Crippen molar-refractivity contribution in [3.63, 3.8) is 0 Å². The number of amides is 1. The molecule has 3 rings (SSSR count). The van der Waals surface area contributed by atoms with Gasteiger partial charge in [-0.2, -0.15) is 0 Å². The topological polar surface area (TPSA) is 49.4 Å². The maximum absolute atomic E-state index is 12.9. The fourth-order valence-corrected chi connectivity index (χ4v) is 4.68. The van der Waals surface area contributed by atoms with E-state index in [4.69, 9.17) is 0 Å². The number of aryl methyl sites for hydroxylation is 2. The maximum Gasteiger partial charge on any atom is 0.207 e. The average molecular weight is 409 g/mol. The highest BCUT2D eigenvalue weighted by molar-refractivity contribution is 7.21. The van der Waals surface area contributed by atoms with E-state index in [-0.39, 0.29) is 5.78 Å². The first-order valence-electron chi connectivity index (χ1n) is 10.0. The summed E-state index contributed by atoms with van der Waals surface area (Å²) in [5.74, 6) is 0.203. The summed E-state index contributed by atoms with van der Waals surface area (Å²) in [6.45, 7) is 7.02. The monoisotopic (exact) mass is 408 g/mol. The second-order valence-electron chi connectivity index (χ2n) is 7.38. The minimum absolute atomic E-state index is 0.203. The number of fused-ring (bicyclic) bond motifs is 1. The predicted molar refractivity (Wildman–Crippen MR) is 121 cm³/mol. The number of hydrogen-bond donors (Lipinski definition) is 1. The third-order valence-corrected chi connectivity index (χ3v) is 6.53. The van der Waals surface area contributed by atoms with Crippen LogP contribution in [0.4, 0.5) is 0 Å². The van der Waals surface area contributed by atoms with Crippen molar-refractivity contribution < 1.29 is 9.59 Å². The van der Waals surface area contributed by atoms with E-state index in [0.717, 1.165) is 36.4 Å². The highest BCUT2D eigenvalue weighted by Crippen LogP contribution is 2.32. The Labute approximate surface area is 176 Å². The number of benzene rings is 2. The molecule has 0 radical (unpaired) electrons. The average Bonchev–Trinajstić information content (AvgIpc) is 3.06. The van der Waals surface area contributed by atoms with Gasteiger partial charge in [0, 0.05) is 37.3 Å². The molecule has 1 heterocycles. The van der Waals surface area contributed by atoms with E-state index in [1.165, 1.54) is 21.2 Å². The summed E-state index contributed by atoms with van der Waals surface area (Å²) in [5, 5.41) is 3.91. The molecule has 0 bridgehead atoms. The SMILES string of the molecule is Cc1ccc2sc(C(=O)CCN(CCNC=O)CCc3ccccc3)c(C)c2c1. The van der Waals surface area contributed by atoms with Crippen molar-refractivity contribution in [2.45, 2.75) is 26.7 Å². The van der Waals surface area contributed by atoms with Crippen LogP contribution in [0.15, 0.2) is 48.5 Å². The highest BCUT2D eigenvalue weighted by Gasteiger charge is 2.17. The van der Waals surface area contributed by atoms with E-state index < -0.39 is 0 Å². The number of rotatable bonds is 11. The lowest BCUT2D eigenvalue weighted by Gasteiger charge is -2.21. The molecular weight excluding hydrogens is 380 g/mol. The van der Waals surface area contributed by atoms with Crippen molar-refractivity contribution in [2.75, 3.05) is 26.2 Å². The Hall–Kier alpha value is -2.50. The van der Waals surface area contributed by atoms with Crippen molar-refractivity contribution in [1.82, 2.24) is 10.2 Å². The van der Waals surface area contributed by atoms with Crippen LogP contribution < -0.4 is 5.32 Å². The number of hydrogen-bond acceptors (Lipinski definition) is 4. The Kier molecular flexibility index (Phi) is 7.55. The van der Waals surface area contributed by atoms with Crippen LogP contribution in [0.2, 0.25) is 0 Å². The molecule has 1 amide bonds. The molecule has 1 N–H and O–H groups in total. The second kappa shape index (κ2) is 10.3. The van der Waals surface area contributed by atoms with Gasteiger partial charge in [-0.3, -0.25) is 9.59 Å². The summed E-state index contributed by atoms with van der Waals surface area (Å²) >= 11 is 1.60. The van der Waals surface area contributed by atoms with E-state index in [9.17, 15) is 9.59 Å². The van der Waals surface area contributed by atoms with Gasteiger partial charge in [0.2, 0.25) is 6.41 Å². The zero-order chi connectivity index (χ0) is 20.6. The molecule has 0 atom stereocenters. The summed E-state index contributed by atoms with van der Waals surface area (Å²) in [6.07, 6.45) is 2.14. The van der Waals surface area contributed by atoms with Gasteiger partial charge in [-0.15, -0.1) is 11.3 Å². The van der Waals surface area contributed by atoms with Gasteiger partial charge in [0.05, 0.1) is 4.88 Å². The second-order valence-corrected chi connectivity index (χ2v) is 8.43. The van der Waals surface area contributed by atoms with Crippen molar-refractivity contribution >= 4 is 33.6 Å². The van der Waals surface area contributed by atoms with Gasteiger partial charge in [0.1, 0.15) is 0 Å². The number of Topliss-reactive ketones (excluding diaryl/α,β-unsaturated/α-hetero) is 1. The van der Waals surface area contributed by atoms with Crippen molar-refractivity contribution in [2.24, 2.45) is 0 Å². The van der Waals surface area contributed by atoms with Crippen molar-refractivity contribution in [1.29, 1.82) is 0 Å². The molecule has 0 aliphatic carbocycles. The Morgan fingerprint density at radius 1 is 1.07 bits per heavy atom. The smallest absolute Gasteiger partial charge is 0.207 e. The Morgan fingerprint density at radius 2 is 1.86 bits per heavy atom. The van der Waals surface area contributed by atoms with Crippen LogP contribution >= 0.6 is 11.3 Å². The van der Waals surface area contributed by atoms with E-state index in [1.54, 1.807) is 11.3 Å². The van der Waals surface area contributed by atoms with Crippen LogP contribution in [0.25, 0.3) is 10.1 Å². The first kappa shape index (κ1) is 21.2. The maximum atomic E-state index is 12.9. The Bertz CT molecular complexity index is 966. The van der Waals surface area contributed by atoms with Crippen LogP contribution in [0, 0.1) is 13.8 Å². The van der Waals surface area contributed by atoms with Gasteiger partial charge in [-0.1, -0.05) is 48.0 Å².